The SMILES string of the molecule is CCNC(c1ccc(C(=O)OC)o1)c1ccc(Cl)cc1Cl. The molecule has 1 heterocycles. The van der Waals surface area contributed by atoms with Crippen LogP contribution in [-0.2, 0) is 4.74 Å². The van der Waals surface area contributed by atoms with Crippen molar-refractivity contribution in [1.29, 1.82) is 0 Å². The molecule has 1 aromatic heterocycles. The van der Waals surface area contributed by atoms with E-state index in [9.17, 15) is 4.79 Å². The molecule has 4 nitrogen and oxygen atoms in total. The van der Waals surface area contributed by atoms with Gasteiger partial charge in [0.25, 0.3) is 0 Å². The lowest BCUT2D eigenvalue weighted by Crippen LogP contribution is -2.21. The molecule has 1 atom stereocenters. The van der Waals surface area contributed by atoms with Crippen molar-refractivity contribution in [1.82, 2.24) is 5.32 Å². The number of ether oxygens (including phenoxy) is 1. The van der Waals surface area contributed by atoms with E-state index in [0.29, 0.717) is 22.4 Å². The number of hydrogen-bond acceptors (Lipinski definition) is 4. The summed E-state index contributed by atoms with van der Waals surface area (Å²) in [6.07, 6.45) is 0. The van der Waals surface area contributed by atoms with Crippen LogP contribution in [0.15, 0.2) is 34.7 Å². The van der Waals surface area contributed by atoms with Gasteiger partial charge in [0.05, 0.1) is 13.2 Å². The number of methoxy groups -OCH3 is 1. The molecule has 0 fully saturated rings. The van der Waals surface area contributed by atoms with Gasteiger partial charge in [0.1, 0.15) is 5.76 Å². The molecule has 0 saturated heterocycles. The molecule has 0 amide bonds. The largest absolute Gasteiger partial charge is 0.463 e. The van der Waals surface area contributed by atoms with Crippen molar-refractivity contribution in [2.75, 3.05) is 13.7 Å². The Morgan fingerprint density at radius 3 is 2.71 bits per heavy atom. The predicted molar refractivity (Wildman–Crippen MR) is 82.0 cm³/mol. The number of nitrogens with one attached hydrogen (secondary N) is 1. The van der Waals surface area contributed by atoms with Gasteiger partial charge in [0.15, 0.2) is 0 Å². The summed E-state index contributed by atoms with van der Waals surface area (Å²) in [6, 6.07) is 8.31. The highest BCUT2D eigenvalue weighted by Crippen LogP contribution is 2.31. The lowest BCUT2D eigenvalue weighted by molar-refractivity contribution is 0.0562. The van der Waals surface area contributed by atoms with Crippen LogP contribution in [0, 0.1) is 0 Å². The van der Waals surface area contributed by atoms with Crippen LogP contribution in [0.2, 0.25) is 10.0 Å². The third kappa shape index (κ3) is 3.59. The molecule has 0 spiro atoms. The summed E-state index contributed by atoms with van der Waals surface area (Å²) in [6.45, 7) is 2.68. The van der Waals surface area contributed by atoms with Gasteiger partial charge in [-0.05, 0) is 36.4 Å². The first-order valence-electron chi connectivity index (χ1n) is 6.43. The summed E-state index contributed by atoms with van der Waals surface area (Å²) in [7, 11) is 1.31. The molecule has 1 unspecified atom stereocenters. The molecule has 0 aliphatic heterocycles. The number of halogens is 2. The summed E-state index contributed by atoms with van der Waals surface area (Å²) in [5, 5.41) is 4.37. The van der Waals surface area contributed by atoms with Crippen LogP contribution in [0.1, 0.15) is 34.8 Å². The summed E-state index contributed by atoms with van der Waals surface area (Å²) in [5.41, 5.74) is 0.827. The van der Waals surface area contributed by atoms with Crippen molar-refractivity contribution < 1.29 is 13.9 Å². The van der Waals surface area contributed by atoms with E-state index in [0.717, 1.165) is 5.56 Å². The van der Waals surface area contributed by atoms with Gasteiger partial charge in [0, 0.05) is 10.0 Å². The first-order valence-corrected chi connectivity index (χ1v) is 7.18. The van der Waals surface area contributed by atoms with Crippen molar-refractivity contribution in [3.05, 3.63) is 57.5 Å². The van der Waals surface area contributed by atoms with Crippen LogP contribution < -0.4 is 5.32 Å². The Hall–Kier alpha value is -1.49. The Morgan fingerprint density at radius 2 is 2.10 bits per heavy atom. The second kappa shape index (κ2) is 6.98. The van der Waals surface area contributed by atoms with E-state index in [1.54, 1.807) is 24.3 Å². The Labute approximate surface area is 133 Å². The Balaban J connectivity index is 2.38. The molecule has 0 saturated carbocycles. The average molecular weight is 328 g/mol. The fraction of sp³-hybridized carbons (Fsp3) is 0.267. The molecule has 2 rings (SSSR count). The van der Waals surface area contributed by atoms with Crippen LogP contribution in [0.4, 0.5) is 0 Å². The third-order valence-corrected chi connectivity index (χ3v) is 3.54. The summed E-state index contributed by atoms with van der Waals surface area (Å²) >= 11 is 12.2. The zero-order valence-electron chi connectivity index (χ0n) is 11.7. The van der Waals surface area contributed by atoms with Crippen molar-refractivity contribution in [2.45, 2.75) is 13.0 Å². The van der Waals surface area contributed by atoms with E-state index in [1.165, 1.54) is 7.11 Å². The number of rotatable bonds is 5. The second-order valence-corrected chi connectivity index (χ2v) is 5.19. The van der Waals surface area contributed by atoms with Gasteiger partial charge in [0.2, 0.25) is 5.76 Å². The van der Waals surface area contributed by atoms with Crippen LogP contribution in [-0.4, -0.2) is 19.6 Å². The van der Waals surface area contributed by atoms with E-state index < -0.39 is 5.97 Å². The van der Waals surface area contributed by atoms with Gasteiger partial charge >= 0.3 is 5.97 Å². The normalized spacial score (nSPS) is 12.2. The fourth-order valence-corrected chi connectivity index (χ4v) is 2.54. The zero-order chi connectivity index (χ0) is 15.4. The minimum atomic E-state index is -0.515. The molecule has 0 aliphatic carbocycles. The van der Waals surface area contributed by atoms with Crippen molar-refractivity contribution in [2.24, 2.45) is 0 Å². The summed E-state index contributed by atoms with van der Waals surface area (Å²) in [5.74, 6) is 0.223. The molecule has 21 heavy (non-hydrogen) atoms. The average Bonchev–Trinajstić information content (AvgIpc) is 2.94. The number of carbonyl (C=O) groups is 1. The zero-order valence-corrected chi connectivity index (χ0v) is 13.2. The molecule has 0 radical (unpaired) electrons. The first-order chi connectivity index (χ1) is 10.1. The lowest BCUT2D eigenvalue weighted by Gasteiger charge is -2.17. The standard InChI is InChI=1S/C15H15Cl2NO3/c1-3-18-14(10-5-4-9(16)8-11(10)17)12-6-7-13(21-12)15(19)20-2/h4-8,14,18H,3H2,1-2H3. The van der Waals surface area contributed by atoms with Crippen LogP contribution in [0.25, 0.3) is 0 Å². The van der Waals surface area contributed by atoms with Gasteiger partial charge in [-0.2, -0.15) is 0 Å². The number of hydrogen-bond donors (Lipinski definition) is 1. The van der Waals surface area contributed by atoms with E-state index >= 15 is 0 Å². The molecular weight excluding hydrogens is 313 g/mol. The van der Waals surface area contributed by atoms with E-state index in [-0.39, 0.29) is 11.8 Å². The first kappa shape index (κ1) is 15.9. The maximum absolute atomic E-state index is 11.5. The van der Waals surface area contributed by atoms with Gasteiger partial charge in [-0.1, -0.05) is 36.2 Å². The van der Waals surface area contributed by atoms with Gasteiger partial charge in [-0.15, -0.1) is 0 Å². The lowest BCUT2D eigenvalue weighted by atomic mass is 10.0. The van der Waals surface area contributed by atoms with Crippen molar-refractivity contribution in [3.63, 3.8) is 0 Å². The number of carbonyl (C=O) groups excluding carboxylic acids is 1. The van der Waals surface area contributed by atoms with Gasteiger partial charge in [-0.3, -0.25) is 0 Å². The minimum Gasteiger partial charge on any atom is -0.463 e. The minimum absolute atomic E-state index is 0.153. The fourth-order valence-electron chi connectivity index (χ4n) is 2.02. The molecule has 1 aromatic carbocycles. The molecule has 0 bridgehead atoms. The monoisotopic (exact) mass is 327 g/mol. The van der Waals surface area contributed by atoms with E-state index in [4.69, 9.17) is 27.6 Å². The second-order valence-electron chi connectivity index (χ2n) is 4.35. The highest BCUT2D eigenvalue weighted by atomic mass is 35.5. The number of furan rings is 1. The molecule has 112 valence electrons. The van der Waals surface area contributed by atoms with Gasteiger partial charge < -0.3 is 14.5 Å². The smallest absolute Gasteiger partial charge is 0.373 e. The third-order valence-electron chi connectivity index (χ3n) is 2.98. The Morgan fingerprint density at radius 1 is 1.33 bits per heavy atom. The predicted octanol–water partition coefficient (Wildman–Crippen LogP) is 4.07. The van der Waals surface area contributed by atoms with Crippen LogP contribution >= 0.6 is 23.2 Å². The molecule has 6 heteroatoms. The molecule has 1 N–H and O–H groups in total. The molecule has 2 aromatic rings. The van der Waals surface area contributed by atoms with Crippen LogP contribution in [0.5, 0.6) is 0 Å². The highest BCUT2D eigenvalue weighted by Gasteiger charge is 2.21. The number of benzene rings is 1. The summed E-state index contributed by atoms with van der Waals surface area (Å²) in [4.78, 5) is 11.5. The van der Waals surface area contributed by atoms with E-state index in [2.05, 4.69) is 10.1 Å². The maximum atomic E-state index is 11.5. The van der Waals surface area contributed by atoms with Gasteiger partial charge in [-0.25, -0.2) is 4.79 Å². The quantitative estimate of drug-likeness (QED) is 0.841. The maximum Gasteiger partial charge on any atom is 0.373 e. The topological polar surface area (TPSA) is 51.5 Å². The summed E-state index contributed by atoms with van der Waals surface area (Å²) < 4.78 is 10.2. The number of esters is 1. The molecular formula is C15H15Cl2NO3. The van der Waals surface area contributed by atoms with E-state index in [1.807, 2.05) is 13.0 Å². The highest BCUT2D eigenvalue weighted by molar-refractivity contribution is 6.35. The molecule has 0 aliphatic rings. The Bertz CT molecular complexity index is 640. The Kier molecular flexibility index (Phi) is 5.28. The van der Waals surface area contributed by atoms with Crippen molar-refractivity contribution >= 4 is 29.2 Å². The van der Waals surface area contributed by atoms with Crippen LogP contribution in [0.3, 0.4) is 0 Å². The van der Waals surface area contributed by atoms with Crippen molar-refractivity contribution in [3.8, 4) is 0 Å².